The molecule has 101 heavy (non-hydrogen) atoms. The molecule has 16 atom stereocenters. The highest BCUT2D eigenvalue weighted by atomic mass is 35.5. The average Bonchev–Trinajstić information content (AvgIpc) is 1.57. The number of phenolic OH excluding ortho intramolecular Hbond substituents is 1. The van der Waals surface area contributed by atoms with Gasteiger partial charge in [-0.15, -0.1) is 0 Å². The molecule has 22 heteroatoms. The fraction of sp³-hybridized carbons (Fsp3) is 0.532. The van der Waals surface area contributed by atoms with E-state index in [1.165, 1.54) is 18.1 Å². The molecule has 4 aromatic rings. The van der Waals surface area contributed by atoms with E-state index < -0.39 is 58.9 Å². The van der Waals surface area contributed by atoms with Crippen LogP contribution in [0.25, 0.3) is 0 Å². The van der Waals surface area contributed by atoms with Gasteiger partial charge in [0.1, 0.15) is 47.3 Å². The molecule has 21 nitrogen and oxygen atoms in total. The van der Waals surface area contributed by atoms with Crippen molar-refractivity contribution in [3.05, 3.63) is 161 Å². The van der Waals surface area contributed by atoms with Crippen LogP contribution in [0.5, 0.6) is 11.5 Å². The van der Waals surface area contributed by atoms with E-state index >= 15 is 0 Å². The van der Waals surface area contributed by atoms with Gasteiger partial charge >= 0.3 is 23.9 Å². The number of aromatic hydroxyl groups is 1. The summed E-state index contributed by atoms with van der Waals surface area (Å²) in [6.07, 6.45) is 16.3. The van der Waals surface area contributed by atoms with E-state index in [-0.39, 0.29) is 95.1 Å². The number of carbonyl (C=O) groups is 7. The van der Waals surface area contributed by atoms with Gasteiger partial charge in [-0.3, -0.25) is 24.0 Å². The van der Waals surface area contributed by atoms with Crippen LogP contribution in [0.15, 0.2) is 139 Å². The number of anilines is 1. The number of aliphatic hydroxyl groups excluding tert-OH is 2. The number of nitrogens with zero attached hydrogens (tertiary/aromatic N) is 1. The Morgan fingerprint density at radius 2 is 1.44 bits per heavy atom. The third-order valence-electron chi connectivity index (χ3n) is 23.3. The van der Waals surface area contributed by atoms with Crippen LogP contribution in [0.2, 0.25) is 0 Å². The minimum Gasteiger partial charge on any atom is -1.00 e. The minimum absolute atomic E-state index is 0. The van der Waals surface area contributed by atoms with Crippen molar-refractivity contribution < 1.29 is 104 Å². The van der Waals surface area contributed by atoms with Gasteiger partial charge in [-0.1, -0.05) is 137 Å². The number of hydrogen-bond donors (Lipinski definition) is 7. The number of aliphatic carboxylic acids is 2. The largest absolute Gasteiger partial charge is 1.00 e. The van der Waals surface area contributed by atoms with Crippen LogP contribution in [0.3, 0.4) is 0 Å². The Bertz CT molecular complexity index is 3610. The SMILES string of the molecule is CC(C(=O)OC1C[C@@H]2C3OC3[C@H](C1)[N+]2(C)C)(c1ccccc1)c1ccccc1.CC(C)C(=O)OCC(=O)[C@@]12O[C@H](C3CCCCC3)O[C@@H]1C[C@H]1[C@@H]3CCC4=CC(=O)C=C[C@]4(C)[C@H]3[C@@H](O)C[C@@]12C.COc1ccc(C[C@@H](C)NC[C@H](O)c2ccc(O)c(NC=O)c2)cc1.O=C(O)/C=C/C(=O)O.[Cl-]. The Morgan fingerprint density at radius 3 is 2.01 bits per heavy atom. The van der Waals surface area contributed by atoms with Crippen molar-refractivity contribution in [3.63, 3.8) is 0 Å². The van der Waals surface area contributed by atoms with E-state index in [9.17, 15) is 48.9 Å². The summed E-state index contributed by atoms with van der Waals surface area (Å²) in [7, 11) is 6.22. The van der Waals surface area contributed by atoms with Gasteiger partial charge in [0.25, 0.3) is 0 Å². The fourth-order valence-corrected chi connectivity index (χ4v) is 17.8. The number of carboxylic acid groups (broad SMARTS) is 2. The van der Waals surface area contributed by atoms with Crippen molar-refractivity contribution in [2.24, 2.45) is 40.4 Å². The van der Waals surface area contributed by atoms with Crippen molar-refractivity contribution in [2.45, 2.75) is 191 Å². The van der Waals surface area contributed by atoms with Gasteiger partial charge in [0.15, 0.2) is 24.3 Å². The molecule has 5 aliphatic carbocycles. The molecule has 2 bridgehead atoms. The maximum atomic E-state index is 14.2. The van der Waals surface area contributed by atoms with Crippen molar-refractivity contribution in [2.75, 3.05) is 39.7 Å². The van der Waals surface area contributed by atoms with E-state index in [1.54, 1.807) is 45.2 Å². The van der Waals surface area contributed by atoms with Crippen molar-refractivity contribution in [3.8, 4) is 11.5 Å². The molecule has 4 saturated carbocycles. The molecule has 546 valence electrons. The zero-order valence-electron chi connectivity index (χ0n) is 59.2. The monoisotopic (exact) mass is 1410 g/mol. The number of quaternary nitrogens is 1. The molecule has 7 N–H and O–H groups in total. The lowest BCUT2D eigenvalue weighted by atomic mass is 9.46. The van der Waals surface area contributed by atoms with E-state index in [0.717, 1.165) is 84.7 Å². The number of aliphatic hydroxyl groups is 2. The molecule has 9 aliphatic rings. The zero-order chi connectivity index (χ0) is 72.1. The number of esters is 2. The topological polar surface area (TPSA) is 303 Å². The summed E-state index contributed by atoms with van der Waals surface area (Å²) < 4.78 is 37.2. The molecule has 0 spiro atoms. The number of ether oxygens (including phenoxy) is 6. The van der Waals surface area contributed by atoms with E-state index in [1.807, 2.05) is 105 Å². The molecule has 1 amide bonds. The number of nitrogens with one attached hydrogen (secondary N) is 2. The van der Waals surface area contributed by atoms with Crippen LogP contribution in [-0.4, -0.2) is 167 Å². The summed E-state index contributed by atoms with van der Waals surface area (Å²) >= 11 is 0. The Kier molecular flexibility index (Phi) is 24.9. The van der Waals surface area contributed by atoms with Crippen LogP contribution >= 0.6 is 0 Å². The smallest absolute Gasteiger partial charge is 0.328 e. The van der Waals surface area contributed by atoms with Crippen LogP contribution in [0.1, 0.15) is 141 Å². The third-order valence-corrected chi connectivity index (χ3v) is 23.3. The first-order valence-electron chi connectivity index (χ1n) is 35.3. The highest BCUT2D eigenvalue weighted by Crippen LogP contribution is 2.70. The number of morpholine rings is 1. The predicted molar refractivity (Wildman–Crippen MR) is 371 cm³/mol. The number of phenols is 1. The quantitative estimate of drug-likeness (QED) is 0.0118. The molecule has 8 fully saturated rings. The summed E-state index contributed by atoms with van der Waals surface area (Å²) in [5.41, 5.74) is 2.00. The number of piperidine rings is 1. The van der Waals surface area contributed by atoms with E-state index in [2.05, 4.69) is 38.6 Å². The second-order valence-electron chi connectivity index (χ2n) is 30.0. The second kappa shape index (κ2) is 32.4. The highest BCUT2D eigenvalue weighted by Gasteiger charge is 2.76. The molecule has 4 heterocycles. The second-order valence-corrected chi connectivity index (χ2v) is 30.0. The molecule has 0 aromatic heterocycles. The first-order valence-corrected chi connectivity index (χ1v) is 35.3. The number of epoxide rings is 1. The molecule has 13 rings (SSSR count). The molecule has 0 radical (unpaired) electrons. The lowest BCUT2D eigenvalue weighted by Crippen LogP contribution is -3.00. The number of allylic oxidation sites excluding steroid dienone is 4. The minimum atomic E-state index is -1.26. The highest BCUT2D eigenvalue weighted by molar-refractivity contribution is 6.01. The van der Waals surface area contributed by atoms with Crippen LogP contribution in [0.4, 0.5) is 5.69 Å². The first kappa shape index (κ1) is 77.6. The number of benzene rings is 4. The Labute approximate surface area is 598 Å². The van der Waals surface area contributed by atoms with Gasteiger partial charge in [-0.2, -0.15) is 0 Å². The van der Waals surface area contributed by atoms with Gasteiger partial charge in [0.05, 0.1) is 51.1 Å². The lowest BCUT2D eigenvalue weighted by Gasteiger charge is -2.59. The molecule has 4 aliphatic heterocycles. The fourth-order valence-electron chi connectivity index (χ4n) is 17.8. The summed E-state index contributed by atoms with van der Waals surface area (Å²) in [6, 6.07) is 33.5. The summed E-state index contributed by atoms with van der Waals surface area (Å²) in [4.78, 5) is 81.9. The van der Waals surface area contributed by atoms with Crippen LogP contribution in [-0.2, 0) is 69.1 Å². The predicted octanol–water partition coefficient (Wildman–Crippen LogP) is 6.94. The first-order chi connectivity index (χ1) is 47.6. The standard InChI is InChI=1S/C32H44O7.C24H28NO3.C19H24N2O4.C4H4O4.ClH/c1-18(2)28(36)37-17-25(35)32-26(38-29(39-32)19-8-6-5-7-9-19)15-23-22-11-10-20-14-21(33)12-13-30(20,3)27(22)24(34)16-31(23,32)4;1-24(16-10-6-4-7-11-16,17-12-8-5-9-13-17)23(26)27-18-14-19-21-22(28-21)20(15-18)25(19,2)3;1-13(9-14-3-6-16(25-2)7-4-14)20-11-19(24)15-5-8-18(23)17(10-15)21-12-22;5-3(6)1-2-4(7)8;/h12-14,18-19,22-24,26-27,29,34H,5-11,15-17H2,1-4H3;4-13,18-22H,14-15H2,1-3H3;3-8,10,12-13,19-20,23-24H,9,11H2,1-2H3,(H,21,22);1-2H,(H,5,6)(H,7,8);1H/q;+1;;;/p-1/b;;;2-1+;/t22-,23-,24-,26+,27+,29+,30-,31-,32+;18?,19-,20+,21?,22?;13-,19+;;/m0.1../s1. The van der Waals surface area contributed by atoms with Crippen molar-refractivity contribution in [1.29, 1.82) is 0 Å². The molecule has 3 unspecified atom stereocenters. The number of methoxy groups -OCH3 is 1. The van der Waals surface area contributed by atoms with Gasteiger partial charge in [-0.05, 0) is 129 Å². The normalized spacial score (nSPS) is 30.5. The number of Topliss-reactive ketones (excluding diaryl/α,β-unsaturated/α-hetero) is 1. The summed E-state index contributed by atoms with van der Waals surface area (Å²) in [5.74, 6) is -2.35. The number of hydrogen-bond acceptors (Lipinski definition) is 17. The van der Waals surface area contributed by atoms with Gasteiger partial charge < -0.3 is 81.5 Å². The number of rotatable bonds is 20. The Hall–Kier alpha value is -7.60. The third kappa shape index (κ3) is 16.3. The van der Waals surface area contributed by atoms with Crippen molar-refractivity contribution in [1.82, 2.24) is 5.32 Å². The summed E-state index contributed by atoms with van der Waals surface area (Å²) in [6.45, 7) is 11.8. The van der Waals surface area contributed by atoms with Crippen molar-refractivity contribution >= 4 is 47.5 Å². The van der Waals surface area contributed by atoms with Gasteiger partial charge in [-0.25, -0.2) is 9.59 Å². The van der Waals surface area contributed by atoms with Crippen LogP contribution in [0, 0.1) is 40.4 Å². The van der Waals surface area contributed by atoms with Crippen LogP contribution < -0.4 is 27.8 Å². The number of ketones is 2. The average molecular weight is 1420 g/mol. The lowest BCUT2D eigenvalue weighted by molar-refractivity contribution is -0.938. The van der Waals surface area contributed by atoms with Gasteiger partial charge in [0, 0.05) is 60.2 Å². The number of carboxylic acids is 2. The Morgan fingerprint density at radius 1 is 0.822 bits per heavy atom. The molecule has 4 aromatic carbocycles. The zero-order valence-corrected chi connectivity index (χ0v) is 60.0. The number of halogens is 1. The molecule has 4 saturated heterocycles. The number of fused-ring (bicyclic) bond motifs is 12. The van der Waals surface area contributed by atoms with Gasteiger partial charge in [0.2, 0.25) is 12.2 Å². The number of carbonyl (C=O) groups excluding carboxylic acids is 5. The Balaban J connectivity index is 0.000000171. The van der Waals surface area contributed by atoms with E-state index in [0.29, 0.717) is 67.8 Å². The molecular formula is C79H100ClN3O18. The summed E-state index contributed by atoms with van der Waals surface area (Å²) in [5, 5.41) is 53.1. The number of likely N-dealkylation sites (N-methyl/N-ethyl adjacent to an activating group) is 1. The number of amides is 1. The maximum Gasteiger partial charge on any atom is 0.328 e. The maximum absolute atomic E-state index is 14.2. The van der Waals surface area contributed by atoms with E-state index in [4.69, 9.17) is 38.6 Å². The molecular weight excluding hydrogens is 1310 g/mol.